The van der Waals surface area contributed by atoms with Gasteiger partial charge in [0, 0.05) is 24.1 Å². The van der Waals surface area contributed by atoms with Gasteiger partial charge in [-0.25, -0.2) is 9.64 Å². The van der Waals surface area contributed by atoms with Gasteiger partial charge in [0.25, 0.3) is 0 Å². The molecule has 0 saturated carbocycles. The van der Waals surface area contributed by atoms with E-state index in [1.165, 1.54) is 0 Å². The fourth-order valence-electron chi connectivity index (χ4n) is 3.65. The molecule has 2 aliphatic rings. The molecule has 0 aromatic heterocycles. The van der Waals surface area contributed by atoms with E-state index in [1.807, 2.05) is 32.9 Å². The number of benzene rings is 1. The third kappa shape index (κ3) is 2.77. The molecular weight excluding hydrogens is 304 g/mol. The van der Waals surface area contributed by atoms with Gasteiger partial charge in [-0.05, 0) is 45.6 Å². The van der Waals surface area contributed by atoms with E-state index in [9.17, 15) is 9.59 Å². The SMILES string of the molecule is [C-]#[N+]c1cccc2c1C(=O)C1(CCN(C(=O)OC(C)(C)C)CC1)C2. The van der Waals surface area contributed by atoms with Gasteiger partial charge < -0.3 is 9.64 Å². The summed E-state index contributed by atoms with van der Waals surface area (Å²) in [7, 11) is 0. The zero-order valence-corrected chi connectivity index (χ0v) is 14.4. The van der Waals surface area contributed by atoms with Crippen molar-refractivity contribution >= 4 is 17.6 Å². The van der Waals surface area contributed by atoms with Crippen molar-refractivity contribution in [3.63, 3.8) is 0 Å². The first-order valence-electron chi connectivity index (χ1n) is 8.28. The van der Waals surface area contributed by atoms with Gasteiger partial charge in [-0.1, -0.05) is 18.2 Å². The van der Waals surface area contributed by atoms with Crippen molar-refractivity contribution in [3.05, 3.63) is 40.7 Å². The molecule has 0 bridgehead atoms. The highest BCUT2D eigenvalue weighted by atomic mass is 16.6. The van der Waals surface area contributed by atoms with Gasteiger partial charge in [-0.2, -0.15) is 0 Å². The molecule has 5 nitrogen and oxygen atoms in total. The molecule has 5 heteroatoms. The standard InChI is InChI=1S/C19H22N2O3/c1-18(2,3)24-17(23)21-10-8-19(9-11-21)12-13-6-5-7-14(20-4)15(13)16(19)22/h5-7H,8-12H2,1-3H3. The molecular formula is C19H22N2O3. The predicted octanol–water partition coefficient (Wildman–Crippen LogP) is 3.99. The minimum Gasteiger partial charge on any atom is -0.444 e. The topological polar surface area (TPSA) is 51.0 Å². The van der Waals surface area contributed by atoms with E-state index in [2.05, 4.69) is 4.85 Å². The molecule has 0 N–H and O–H groups in total. The lowest BCUT2D eigenvalue weighted by Crippen LogP contribution is -2.47. The number of piperidine rings is 1. The molecule has 24 heavy (non-hydrogen) atoms. The third-order valence-electron chi connectivity index (χ3n) is 4.86. The second kappa shape index (κ2) is 5.62. The van der Waals surface area contributed by atoms with E-state index in [4.69, 9.17) is 11.3 Å². The predicted molar refractivity (Wildman–Crippen MR) is 90.2 cm³/mol. The number of nitrogens with zero attached hydrogens (tertiary/aromatic N) is 2. The van der Waals surface area contributed by atoms with Crippen LogP contribution < -0.4 is 0 Å². The smallest absolute Gasteiger partial charge is 0.410 e. The number of ketones is 1. The molecule has 1 aliphatic heterocycles. The number of carbonyl (C=O) groups excluding carboxylic acids is 2. The number of likely N-dealkylation sites (tertiary alicyclic amines) is 1. The molecule has 1 aromatic rings. The number of carbonyl (C=O) groups is 2. The van der Waals surface area contributed by atoms with E-state index < -0.39 is 11.0 Å². The van der Waals surface area contributed by atoms with Gasteiger partial charge in [0.05, 0.1) is 6.57 Å². The van der Waals surface area contributed by atoms with Gasteiger partial charge >= 0.3 is 6.09 Å². The highest BCUT2D eigenvalue weighted by Crippen LogP contribution is 2.47. The highest BCUT2D eigenvalue weighted by Gasteiger charge is 2.48. The zero-order chi connectivity index (χ0) is 17.5. The van der Waals surface area contributed by atoms with Crippen molar-refractivity contribution in [2.24, 2.45) is 5.41 Å². The Bertz CT molecular complexity index is 732. The monoisotopic (exact) mass is 326 g/mol. The molecule has 1 amide bonds. The summed E-state index contributed by atoms with van der Waals surface area (Å²) >= 11 is 0. The Labute approximate surface area is 142 Å². The number of hydrogen-bond acceptors (Lipinski definition) is 3. The minimum absolute atomic E-state index is 0.0768. The molecule has 1 heterocycles. The Hall–Kier alpha value is -2.35. The van der Waals surface area contributed by atoms with Crippen LogP contribution in [0.5, 0.6) is 0 Å². The maximum Gasteiger partial charge on any atom is 0.410 e. The fraction of sp³-hybridized carbons (Fsp3) is 0.526. The second-order valence-electron chi connectivity index (χ2n) is 7.68. The summed E-state index contributed by atoms with van der Waals surface area (Å²) in [6.07, 6.45) is 1.60. The number of Topliss-reactive ketones (excluding diaryl/α,β-unsaturated/α-hetero) is 1. The van der Waals surface area contributed by atoms with Crippen molar-refractivity contribution in [3.8, 4) is 0 Å². The third-order valence-corrected chi connectivity index (χ3v) is 4.86. The van der Waals surface area contributed by atoms with Crippen LogP contribution >= 0.6 is 0 Å². The number of ether oxygens (including phenoxy) is 1. The van der Waals surface area contributed by atoms with Crippen LogP contribution in [0.3, 0.4) is 0 Å². The second-order valence-corrected chi connectivity index (χ2v) is 7.68. The van der Waals surface area contributed by atoms with Crippen molar-refractivity contribution < 1.29 is 14.3 Å². The number of fused-ring (bicyclic) bond motifs is 1. The average molecular weight is 326 g/mol. The van der Waals surface area contributed by atoms with Gasteiger partial charge in [0.2, 0.25) is 0 Å². The van der Waals surface area contributed by atoms with Crippen LogP contribution in [-0.2, 0) is 11.2 Å². The van der Waals surface area contributed by atoms with Crippen LogP contribution in [0.4, 0.5) is 10.5 Å². The van der Waals surface area contributed by atoms with E-state index >= 15 is 0 Å². The molecule has 0 atom stereocenters. The Balaban J connectivity index is 1.75. The van der Waals surface area contributed by atoms with Crippen molar-refractivity contribution in [2.75, 3.05) is 13.1 Å². The lowest BCUT2D eigenvalue weighted by Gasteiger charge is -2.38. The summed E-state index contributed by atoms with van der Waals surface area (Å²) in [6, 6.07) is 5.49. The summed E-state index contributed by atoms with van der Waals surface area (Å²) < 4.78 is 5.42. The Kier molecular flexibility index (Phi) is 3.87. The summed E-state index contributed by atoms with van der Waals surface area (Å²) in [5, 5.41) is 0. The molecule has 1 aliphatic carbocycles. The summed E-state index contributed by atoms with van der Waals surface area (Å²) in [4.78, 5) is 30.4. The van der Waals surface area contributed by atoms with Crippen LogP contribution in [0.25, 0.3) is 4.85 Å². The van der Waals surface area contributed by atoms with E-state index in [0.717, 1.165) is 5.56 Å². The van der Waals surface area contributed by atoms with Gasteiger partial charge in [-0.3, -0.25) is 4.79 Å². The van der Waals surface area contributed by atoms with Crippen molar-refractivity contribution in [1.82, 2.24) is 4.90 Å². The van der Waals surface area contributed by atoms with Crippen LogP contribution in [0.2, 0.25) is 0 Å². The van der Waals surface area contributed by atoms with E-state index in [0.29, 0.717) is 43.6 Å². The number of amides is 1. The fourth-order valence-corrected chi connectivity index (χ4v) is 3.65. The lowest BCUT2D eigenvalue weighted by atomic mass is 9.75. The first-order chi connectivity index (χ1) is 11.3. The number of rotatable bonds is 0. The molecule has 1 saturated heterocycles. The van der Waals surface area contributed by atoms with Crippen molar-refractivity contribution in [1.29, 1.82) is 0 Å². The Morgan fingerprint density at radius 1 is 1.29 bits per heavy atom. The normalized spacial score (nSPS) is 19.1. The molecule has 126 valence electrons. The summed E-state index contributed by atoms with van der Waals surface area (Å²) in [6.45, 7) is 13.9. The summed E-state index contributed by atoms with van der Waals surface area (Å²) in [5.74, 6) is 0.0768. The molecule has 0 radical (unpaired) electrons. The maximum atomic E-state index is 13.0. The quantitative estimate of drug-likeness (QED) is 0.677. The van der Waals surface area contributed by atoms with Crippen LogP contribution in [0.15, 0.2) is 18.2 Å². The highest BCUT2D eigenvalue weighted by molar-refractivity contribution is 6.09. The van der Waals surface area contributed by atoms with Crippen molar-refractivity contribution in [2.45, 2.75) is 45.6 Å². The average Bonchev–Trinajstić information content (AvgIpc) is 2.79. The lowest BCUT2D eigenvalue weighted by molar-refractivity contribution is 0.0114. The maximum absolute atomic E-state index is 13.0. The molecule has 1 fully saturated rings. The Morgan fingerprint density at radius 3 is 2.54 bits per heavy atom. The van der Waals surface area contributed by atoms with E-state index in [-0.39, 0.29) is 11.9 Å². The van der Waals surface area contributed by atoms with Crippen LogP contribution in [0.1, 0.15) is 49.5 Å². The molecule has 1 spiro atoms. The molecule has 0 unspecified atom stereocenters. The number of hydrogen-bond donors (Lipinski definition) is 0. The zero-order valence-electron chi connectivity index (χ0n) is 14.4. The molecule has 1 aromatic carbocycles. The molecule has 3 rings (SSSR count). The first kappa shape index (κ1) is 16.5. The van der Waals surface area contributed by atoms with Gasteiger partial charge in [-0.15, -0.1) is 0 Å². The summed E-state index contributed by atoms with van der Waals surface area (Å²) in [5.41, 5.74) is 1.04. The minimum atomic E-state index is -0.518. The van der Waals surface area contributed by atoms with Crippen LogP contribution in [0, 0.1) is 12.0 Å². The van der Waals surface area contributed by atoms with Crippen LogP contribution in [-0.4, -0.2) is 35.5 Å². The first-order valence-corrected chi connectivity index (χ1v) is 8.28. The largest absolute Gasteiger partial charge is 0.444 e. The van der Waals surface area contributed by atoms with E-state index in [1.54, 1.807) is 11.0 Å². The van der Waals surface area contributed by atoms with Gasteiger partial charge in [0.15, 0.2) is 11.5 Å². The van der Waals surface area contributed by atoms with Gasteiger partial charge in [0.1, 0.15) is 5.60 Å². The Morgan fingerprint density at radius 2 is 1.96 bits per heavy atom.